The molecular formula is C17H22BrN5O2. The Morgan fingerprint density at radius 1 is 1.20 bits per heavy atom. The van der Waals surface area contributed by atoms with Gasteiger partial charge in [-0.2, -0.15) is 4.98 Å². The number of halogens is 1. The second kappa shape index (κ2) is 7.72. The van der Waals surface area contributed by atoms with E-state index in [1.807, 2.05) is 24.4 Å². The van der Waals surface area contributed by atoms with E-state index in [0.29, 0.717) is 12.0 Å². The van der Waals surface area contributed by atoms with Gasteiger partial charge in [0.2, 0.25) is 5.95 Å². The maximum absolute atomic E-state index is 5.60. The highest BCUT2D eigenvalue weighted by Gasteiger charge is 2.24. The van der Waals surface area contributed by atoms with E-state index in [2.05, 4.69) is 41.0 Å². The lowest BCUT2D eigenvalue weighted by molar-refractivity contribution is 0.122. The number of likely N-dealkylation sites (tertiary alicyclic amines) is 1. The van der Waals surface area contributed by atoms with Gasteiger partial charge in [-0.05, 0) is 40.5 Å². The summed E-state index contributed by atoms with van der Waals surface area (Å²) in [5, 5.41) is 3.48. The molecule has 0 saturated carbocycles. The first-order chi connectivity index (χ1) is 12.3. The second-order valence-electron chi connectivity index (χ2n) is 6.41. The summed E-state index contributed by atoms with van der Waals surface area (Å²) in [6.45, 7) is 6.11. The highest BCUT2D eigenvalue weighted by Crippen LogP contribution is 2.20. The topological polar surface area (TPSA) is 66.7 Å². The van der Waals surface area contributed by atoms with Crippen molar-refractivity contribution in [2.75, 3.05) is 49.6 Å². The van der Waals surface area contributed by atoms with Gasteiger partial charge in [0, 0.05) is 38.4 Å². The standard InChI is InChI=1S/C17H22BrN5O2/c18-15-2-1-14(25-15)12-22-6-4-13(11-22)20-17-19-5-3-16(21-17)23-7-9-24-10-8-23/h1-3,5,13H,4,6-12H2,(H,19,20,21). The van der Waals surface area contributed by atoms with Crippen LogP contribution in [0.25, 0.3) is 0 Å². The van der Waals surface area contributed by atoms with Gasteiger partial charge in [0.15, 0.2) is 4.67 Å². The Bertz CT molecular complexity index is 704. The van der Waals surface area contributed by atoms with Crippen molar-refractivity contribution in [2.45, 2.75) is 19.0 Å². The Labute approximate surface area is 155 Å². The van der Waals surface area contributed by atoms with Crippen LogP contribution in [0.4, 0.5) is 11.8 Å². The molecule has 0 amide bonds. The predicted molar refractivity (Wildman–Crippen MR) is 98.8 cm³/mol. The molecule has 0 aromatic carbocycles. The molecule has 134 valence electrons. The average Bonchev–Trinajstić information content (AvgIpc) is 3.25. The molecule has 1 N–H and O–H groups in total. The summed E-state index contributed by atoms with van der Waals surface area (Å²) in [5.41, 5.74) is 0. The molecule has 25 heavy (non-hydrogen) atoms. The van der Waals surface area contributed by atoms with Crippen LogP contribution in [-0.4, -0.2) is 60.3 Å². The molecular weight excluding hydrogens is 386 g/mol. The van der Waals surface area contributed by atoms with Crippen LogP contribution in [0.1, 0.15) is 12.2 Å². The van der Waals surface area contributed by atoms with Gasteiger partial charge in [-0.25, -0.2) is 4.98 Å². The van der Waals surface area contributed by atoms with E-state index in [0.717, 1.165) is 68.6 Å². The van der Waals surface area contributed by atoms with Gasteiger partial charge in [-0.15, -0.1) is 0 Å². The lowest BCUT2D eigenvalue weighted by Gasteiger charge is -2.28. The van der Waals surface area contributed by atoms with Crippen LogP contribution in [0.15, 0.2) is 33.5 Å². The molecule has 2 aliphatic rings. The molecule has 2 fully saturated rings. The van der Waals surface area contributed by atoms with Gasteiger partial charge >= 0.3 is 0 Å². The summed E-state index contributed by atoms with van der Waals surface area (Å²) < 4.78 is 11.8. The zero-order valence-corrected chi connectivity index (χ0v) is 15.6. The molecule has 7 nitrogen and oxygen atoms in total. The zero-order valence-electron chi connectivity index (χ0n) is 14.0. The minimum atomic E-state index is 0.360. The van der Waals surface area contributed by atoms with Crippen LogP contribution in [0.3, 0.4) is 0 Å². The number of hydrogen-bond donors (Lipinski definition) is 1. The maximum Gasteiger partial charge on any atom is 0.224 e. The number of nitrogens with zero attached hydrogens (tertiary/aromatic N) is 4. The number of furan rings is 1. The summed E-state index contributed by atoms with van der Waals surface area (Å²) >= 11 is 3.35. The molecule has 2 aromatic rings. The monoisotopic (exact) mass is 407 g/mol. The molecule has 8 heteroatoms. The van der Waals surface area contributed by atoms with Gasteiger partial charge in [0.1, 0.15) is 11.6 Å². The summed E-state index contributed by atoms with van der Waals surface area (Å²) in [5.74, 6) is 2.66. The van der Waals surface area contributed by atoms with Crippen molar-refractivity contribution in [1.29, 1.82) is 0 Å². The van der Waals surface area contributed by atoms with Crippen molar-refractivity contribution < 1.29 is 9.15 Å². The predicted octanol–water partition coefficient (Wildman–Crippen LogP) is 2.36. The fraction of sp³-hybridized carbons (Fsp3) is 0.529. The summed E-state index contributed by atoms with van der Waals surface area (Å²) in [6.07, 6.45) is 2.90. The molecule has 0 aliphatic carbocycles. The van der Waals surface area contributed by atoms with Crippen molar-refractivity contribution in [1.82, 2.24) is 14.9 Å². The van der Waals surface area contributed by atoms with Crippen molar-refractivity contribution in [3.8, 4) is 0 Å². The Balaban J connectivity index is 1.33. The third-order valence-electron chi connectivity index (χ3n) is 4.59. The number of nitrogens with one attached hydrogen (secondary N) is 1. The fourth-order valence-corrected chi connectivity index (χ4v) is 3.66. The molecule has 2 saturated heterocycles. The number of rotatable bonds is 5. The van der Waals surface area contributed by atoms with Gasteiger partial charge in [0.05, 0.1) is 19.8 Å². The molecule has 0 spiro atoms. The SMILES string of the molecule is Brc1ccc(CN2CCC(Nc3nccc(N4CCOCC4)n3)C2)o1. The fourth-order valence-electron chi connectivity index (χ4n) is 3.32. The molecule has 2 aliphatic heterocycles. The number of hydrogen-bond acceptors (Lipinski definition) is 7. The number of anilines is 2. The summed E-state index contributed by atoms with van der Waals surface area (Å²) in [6, 6.07) is 6.27. The van der Waals surface area contributed by atoms with Crippen LogP contribution < -0.4 is 10.2 Å². The summed E-state index contributed by atoms with van der Waals surface area (Å²) in [7, 11) is 0. The van der Waals surface area contributed by atoms with Crippen molar-refractivity contribution in [2.24, 2.45) is 0 Å². The lowest BCUT2D eigenvalue weighted by Crippen LogP contribution is -2.37. The molecule has 0 radical (unpaired) electrons. The smallest absolute Gasteiger partial charge is 0.224 e. The molecule has 1 unspecified atom stereocenters. The van der Waals surface area contributed by atoms with Crippen LogP contribution in [0.2, 0.25) is 0 Å². The highest BCUT2D eigenvalue weighted by atomic mass is 79.9. The number of morpholine rings is 1. The van der Waals surface area contributed by atoms with E-state index >= 15 is 0 Å². The molecule has 1 atom stereocenters. The minimum Gasteiger partial charge on any atom is -0.453 e. The first-order valence-corrected chi connectivity index (χ1v) is 9.44. The van der Waals surface area contributed by atoms with Crippen LogP contribution in [0.5, 0.6) is 0 Å². The highest BCUT2D eigenvalue weighted by molar-refractivity contribution is 9.10. The first-order valence-electron chi connectivity index (χ1n) is 8.65. The number of aromatic nitrogens is 2. The normalized spacial score (nSPS) is 21.6. The van der Waals surface area contributed by atoms with Crippen molar-refractivity contribution in [3.63, 3.8) is 0 Å². The van der Waals surface area contributed by atoms with E-state index in [9.17, 15) is 0 Å². The Hall–Kier alpha value is -1.64. The van der Waals surface area contributed by atoms with Crippen molar-refractivity contribution in [3.05, 3.63) is 34.8 Å². The largest absolute Gasteiger partial charge is 0.453 e. The van der Waals surface area contributed by atoms with E-state index in [1.54, 1.807) is 0 Å². The Kier molecular flexibility index (Phi) is 5.19. The van der Waals surface area contributed by atoms with Crippen LogP contribution in [0, 0.1) is 0 Å². The quantitative estimate of drug-likeness (QED) is 0.815. The van der Waals surface area contributed by atoms with Gasteiger partial charge in [0.25, 0.3) is 0 Å². The third kappa shape index (κ3) is 4.31. The van der Waals surface area contributed by atoms with Crippen molar-refractivity contribution >= 4 is 27.7 Å². The maximum atomic E-state index is 5.60. The molecule has 0 bridgehead atoms. The third-order valence-corrected chi connectivity index (χ3v) is 5.02. The van der Waals surface area contributed by atoms with Gasteiger partial charge in [-0.1, -0.05) is 0 Å². The second-order valence-corrected chi connectivity index (χ2v) is 7.19. The van der Waals surface area contributed by atoms with Gasteiger partial charge < -0.3 is 19.4 Å². The average molecular weight is 408 g/mol. The van der Waals surface area contributed by atoms with E-state index in [1.165, 1.54) is 0 Å². The van der Waals surface area contributed by atoms with Crippen LogP contribution in [-0.2, 0) is 11.3 Å². The molecule has 4 heterocycles. The summed E-state index contributed by atoms with van der Waals surface area (Å²) in [4.78, 5) is 13.7. The molecule has 2 aromatic heterocycles. The minimum absolute atomic E-state index is 0.360. The number of ether oxygens (including phenoxy) is 1. The first kappa shape index (κ1) is 16.8. The Morgan fingerprint density at radius 2 is 2.08 bits per heavy atom. The molecule has 4 rings (SSSR count). The van der Waals surface area contributed by atoms with Gasteiger partial charge in [-0.3, -0.25) is 4.90 Å². The zero-order chi connectivity index (χ0) is 17.1. The Morgan fingerprint density at radius 3 is 2.88 bits per heavy atom. The van der Waals surface area contributed by atoms with Crippen LogP contribution >= 0.6 is 15.9 Å². The van der Waals surface area contributed by atoms with E-state index in [-0.39, 0.29) is 0 Å². The lowest BCUT2D eigenvalue weighted by atomic mass is 10.3. The van der Waals surface area contributed by atoms with E-state index < -0.39 is 0 Å². The van der Waals surface area contributed by atoms with E-state index in [4.69, 9.17) is 9.15 Å².